The van der Waals surface area contributed by atoms with E-state index >= 15 is 0 Å². The number of anilines is 1. The number of likely N-dealkylation sites (N-methyl/N-ethyl adjacent to an activating group) is 1. The molecule has 4 nitrogen and oxygen atoms in total. The van der Waals surface area contributed by atoms with Gasteiger partial charge in [0.1, 0.15) is 0 Å². The van der Waals surface area contributed by atoms with E-state index in [1.54, 1.807) is 0 Å². The number of aromatic nitrogens is 1. The van der Waals surface area contributed by atoms with Gasteiger partial charge in [-0.05, 0) is 26.3 Å². The molecular weight excluding hydrogens is 268 g/mol. The summed E-state index contributed by atoms with van der Waals surface area (Å²) in [6.07, 6.45) is 6.07. The maximum atomic E-state index is 4.65. The van der Waals surface area contributed by atoms with Crippen LogP contribution in [0.15, 0.2) is 6.20 Å². The Morgan fingerprint density at radius 3 is 2.95 bits per heavy atom. The Labute approximate surface area is 126 Å². The van der Waals surface area contributed by atoms with Crippen LogP contribution in [0.5, 0.6) is 0 Å². The monoisotopic (exact) mass is 294 g/mol. The lowest BCUT2D eigenvalue weighted by molar-refractivity contribution is 0.254. The molecule has 2 fully saturated rings. The van der Waals surface area contributed by atoms with Crippen molar-refractivity contribution >= 4 is 16.5 Å². The Morgan fingerprint density at radius 1 is 1.35 bits per heavy atom. The third-order valence-corrected chi connectivity index (χ3v) is 5.70. The number of nitrogens with one attached hydrogen (secondary N) is 1. The van der Waals surface area contributed by atoms with Crippen molar-refractivity contribution in [3.05, 3.63) is 11.1 Å². The molecule has 20 heavy (non-hydrogen) atoms. The SMILES string of the molecule is CC(C)NCc1cnc(N2CCC3CCC(C2)N3C)s1. The van der Waals surface area contributed by atoms with Gasteiger partial charge < -0.3 is 10.2 Å². The van der Waals surface area contributed by atoms with Crippen molar-refractivity contribution in [2.75, 3.05) is 25.0 Å². The van der Waals surface area contributed by atoms with Crippen LogP contribution >= 0.6 is 11.3 Å². The Bertz CT molecular complexity index is 445. The number of hydrogen-bond donors (Lipinski definition) is 1. The lowest BCUT2D eigenvalue weighted by Gasteiger charge is -2.25. The molecule has 1 N–H and O–H groups in total. The molecule has 0 aromatic carbocycles. The third kappa shape index (κ3) is 3.00. The van der Waals surface area contributed by atoms with Crippen molar-refractivity contribution in [3.8, 4) is 0 Å². The molecule has 1 aromatic heterocycles. The van der Waals surface area contributed by atoms with Crippen LogP contribution in [0, 0.1) is 0 Å². The van der Waals surface area contributed by atoms with Crippen molar-refractivity contribution in [2.24, 2.45) is 0 Å². The van der Waals surface area contributed by atoms with Crippen LogP contribution in [-0.2, 0) is 6.54 Å². The predicted octanol–water partition coefficient (Wildman–Crippen LogP) is 2.31. The minimum Gasteiger partial charge on any atom is -0.346 e. The average Bonchev–Trinajstić information content (AvgIpc) is 2.94. The lowest BCUT2D eigenvalue weighted by Crippen LogP contribution is -2.36. The van der Waals surface area contributed by atoms with E-state index in [2.05, 4.69) is 41.0 Å². The van der Waals surface area contributed by atoms with Crippen molar-refractivity contribution in [1.29, 1.82) is 0 Å². The van der Waals surface area contributed by atoms with Crippen molar-refractivity contribution in [1.82, 2.24) is 15.2 Å². The van der Waals surface area contributed by atoms with Gasteiger partial charge in [0.2, 0.25) is 0 Å². The summed E-state index contributed by atoms with van der Waals surface area (Å²) in [4.78, 5) is 11.1. The Kier molecular flexibility index (Phi) is 4.29. The molecular formula is C15H26N4S. The van der Waals surface area contributed by atoms with Gasteiger partial charge in [-0.2, -0.15) is 0 Å². The molecule has 3 heterocycles. The van der Waals surface area contributed by atoms with Crippen LogP contribution in [-0.4, -0.2) is 48.1 Å². The quantitative estimate of drug-likeness (QED) is 0.923. The summed E-state index contributed by atoms with van der Waals surface area (Å²) in [7, 11) is 2.30. The molecule has 2 aliphatic heterocycles. The van der Waals surface area contributed by atoms with Gasteiger partial charge in [-0.1, -0.05) is 13.8 Å². The van der Waals surface area contributed by atoms with Crippen molar-refractivity contribution in [2.45, 2.75) is 57.8 Å². The number of nitrogens with zero attached hydrogens (tertiary/aromatic N) is 3. The average molecular weight is 294 g/mol. The molecule has 0 spiro atoms. The van der Waals surface area contributed by atoms with Crippen LogP contribution in [0.2, 0.25) is 0 Å². The van der Waals surface area contributed by atoms with Crippen LogP contribution in [0.1, 0.15) is 38.0 Å². The second kappa shape index (κ2) is 6.00. The van der Waals surface area contributed by atoms with E-state index < -0.39 is 0 Å². The van der Waals surface area contributed by atoms with E-state index in [1.807, 2.05) is 17.5 Å². The van der Waals surface area contributed by atoms with Gasteiger partial charge in [0.05, 0.1) is 0 Å². The zero-order chi connectivity index (χ0) is 14.1. The molecule has 2 aliphatic rings. The zero-order valence-corrected chi connectivity index (χ0v) is 13.6. The van der Waals surface area contributed by atoms with E-state index in [9.17, 15) is 0 Å². The molecule has 3 rings (SSSR count). The highest BCUT2D eigenvalue weighted by molar-refractivity contribution is 7.15. The summed E-state index contributed by atoms with van der Waals surface area (Å²) in [5.41, 5.74) is 0. The zero-order valence-electron chi connectivity index (χ0n) is 12.8. The van der Waals surface area contributed by atoms with Crippen LogP contribution < -0.4 is 10.2 Å². The number of fused-ring (bicyclic) bond motifs is 2. The lowest BCUT2D eigenvalue weighted by atomic mass is 10.1. The Hall–Kier alpha value is -0.650. The maximum absolute atomic E-state index is 4.65. The Morgan fingerprint density at radius 2 is 2.15 bits per heavy atom. The summed E-state index contributed by atoms with van der Waals surface area (Å²) in [5, 5.41) is 4.68. The minimum absolute atomic E-state index is 0.531. The molecule has 0 saturated carbocycles. The van der Waals surface area contributed by atoms with E-state index in [1.165, 1.54) is 29.3 Å². The summed E-state index contributed by atoms with van der Waals surface area (Å²) in [6.45, 7) is 7.62. The standard InChI is InChI=1S/C15H26N4S/c1-11(2)16-8-14-9-17-15(20-14)19-7-6-12-4-5-13(10-19)18(12)3/h9,11-13,16H,4-8,10H2,1-3H3. The van der Waals surface area contributed by atoms with Gasteiger partial charge in [0, 0.05) is 48.8 Å². The van der Waals surface area contributed by atoms with Gasteiger partial charge >= 0.3 is 0 Å². The molecule has 2 saturated heterocycles. The van der Waals surface area contributed by atoms with E-state index in [0.717, 1.165) is 31.7 Å². The van der Waals surface area contributed by atoms with E-state index in [0.29, 0.717) is 6.04 Å². The van der Waals surface area contributed by atoms with Crippen molar-refractivity contribution in [3.63, 3.8) is 0 Å². The topological polar surface area (TPSA) is 31.4 Å². The van der Waals surface area contributed by atoms with Crippen LogP contribution in [0.4, 0.5) is 5.13 Å². The summed E-state index contributed by atoms with van der Waals surface area (Å²) in [5.74, 6) is 0. The number of rotatable bonds is 4. The van der Waals surface area contributed by atoms with Gasteiger partial charge in [-0.15, -0.1) is 11.3 Å². The third-order valence-electron chi connectivity index (χ3n) is 4.64. The highest BCUT2D eigenvalue weighted by Crippen LogP contribution is 2.32. The Balaban J connectivity index is 1.64. The molecule has 5 heteroatoms. The normalized spacial score (nSPS) is 27.3. The van der Waals surface area contributed by atoms with E-state index in [4.69, 9.17) is 0 Å². The molecule has 0 aliphatic carbocycles. The first-order valence-corrected chi connectivity index (χ1v) is 8.60. The molecule has 0 amide bonds. The summed E-state index contributed by atoms with van der Waals surface area (Å²) in [6, 6.07) is 2.05. The molecule has 0 radical (unpaired) electrons. The largest absolute Gasteiger partial charge is 0.346 e. The fourth-order valence-electron chi connectivity index (χ4n) is 3.31. The molecule has 2 bridgehead atoms. The van der Waals surface area contributed by atoms with E-state index in [-0.39, 0.29) is 0 Å². The second-order valence-electron chi connectivity index (χ2n) is 6.43. The molecule has 2 atom stereocenters. The fraction of sp³-hybridized carbons (Fsp3) is 0.800. The first-order chi connectivity index (χ1) is 9.63. The fourth-order valence-corrected chi connectivity index (χ4v) is 4.21. The predicted molar refractivity (Wildman–Crippen MR) is 85.5 cm³/mol. The number of thiazole rings is 1. The van der Waals surface area contributed by atoms with Crippen molar-refractivity contribution < 1.29 is 0 Å². The highest BCUT2D eigenvalue weighted by Gasteiger charge is 2.35. The van der Waals surface area contributed by atoms with Gasteiger partial charge in [0.15, 0.2) is 5.13 Å². The smallest absolute Gasteiger partial charge is 0.185 e. The van der Waals surface area contributed by atoms with Gasteiger partial charge in [-0.25, -0.2) is 4.98 Å². The maximum Gasteiger partial charge on any atom is 0.185 e. The van der Waals surface area contributed by atoms with Gasteiger partial charge in [-0.3, -0.25) is 4.90 Å². The highest BCUT2D eigenvalue weighted by atomic mass is 32.1. The molecule has 112 valence electrons. The summed E-state index contributed by atoms with van der Waals surface area (Å²) < 4.78 is 0. The number of hydrogen-bond acceptors (Lipinski definition) is 5. The summed E-state index contributed by atoms with van der Waals surface area (Å²) >= 11 is 1.85. The second-order valence-corrected chi connectivity index (χ2v) is 7.52. The van der Waals surface area contributed by atoms with Gasteiger partial charge in [0.25, 0.3) is 0 Å². The first kappa shape index (κ1) is 14.3. The molecule has 2 unspecified atom stereocenters. The first-order valence-electron chi connectivity index (χ1n) is 7.78. The van der Waals surface area contributed by atoms with Crippen LogP contribution in [0.3, 0.4) is 0 Å². The van der Waals surface area contributed by atoms with Crippen LogP contribution in [0.25, 0.3) is 0 Å². The molecule has 1 aromatic rings. The minimum atomic E-state index is 0.531.